The molecule has 0 bridgehead atoms. The second-order valence-electron chi connectivity index (χ2n) is 5.37. The maximum atomic E-state index is 9.38. The van der Waals surface area contributed by atoms with E-state index in [0.29, 0.717) is 10.8 Å². The van der Waals surface area contributed by atoms with E-state index in [-0.39, 0.29) is 23.0 Å². The van der Waals surface area contributed by atoms with Crippen molar-refractivity contribution in [3.8, 4) is 23.0 Å². The predicted octanol–water partition coefficient (Wildman–Crippen LogP) is 4.50. The lowest BCUT2D eigenvalue weighted by molar-refractivity contribution is 0.474. The van der Waals surface area contributed by atoms with Crippen LogP contribution in [0.5, 0.6) is 23.0 Å². The summed E-state index contributed by atoms with van der Waals surface area (Å²) in [6, 6.07) is 20.2. The van der Waals surface area contributed by atoms with Crippen LogP contribution in [0, 0.1) is 0 Å². The molecule has 0 heterocycles. The van der Waals surface area contributed by atoms with Gasteiger partial charge in [0.2, 0.25) is 0 Å². The van der Waals surface area contributed by atoms with E-state index in [2.05, 4.69) is 0 Å². The smallest absolute Gasteiger partial charge is 0.123 e. The van der Waals surface area contributed by atoms with Gasteiger partial charge in [-0.2, -0.15) is 0 Å². The lowest BCUT2D eigenvalue weighted by Crippen LogP contribution is -1.73. The summed E-state index contributed by atoms with van der Waals surface area (Å²) in [4.78, 5) is 0. The molecule has 0 saturated carbocycles. The molecule has 24 heavy (non-hydrogen) atoms. The SMILES string of the molecule is Oc1ccc2cc(O)ccc2c1.Oc1cccc2c(O)cccc12. The molecule has 0 radical (unpaired) electrons. The van der Waals surface area contributed by atoms with Crippen molar-refractivity contribution in [2.45, 2.75) is 0 Å². The molecule has 0 amide bonds. The minimum Gasteiger partial charge on any atom is -0.508 e. The molecule has 4 rings (SSSR count). The van der Waals surface area contributed by atoms with Crippen LogP contribution in [0.3, 0.4) is 0 Å². The number of rotatable bonds is 0. The lowest BCUT2D eigenvalue weighted by Gasteiger charge is -2.01. The van der Waals surface area contributed by atoms with Crippen molar-refractivity contribution in [3.63, 3.8) is 0 Å². The third-order valence-electron chi connectivity index (χ3n) is 3.68. The van der Waals surface area contributed by atoms with E-state index >= 15 is 0 Å². The van der Waals surface area contributed by atoms with Gasteiger partial charge in [-0.15, -0.1) is 0 Å². The fraction of sp³-hybridized carbons (Fsp3) is 0. The van der Waals surface area contributed by atoms with Gasteiger partial charge in [0.15, 0.2) is 0 Å². The summed E-state index contributed by atoms with van der Waals surface area (Å²) in [6.07, 6.45) is 0. The van der Waals surface area contributed by atoms with Crippen molar-refractivity contribution in [1.82, 2.24) is 0 Å². The van der Waals surface area contributed by atoms with Crippen molar-refractivity contribution in [2.75, 3.05) is 0 Å². The van der Waals surface area contributed by atoms with Crippen LogP contribution in [0.1, 0.15) is 0 Å². The molecule has 0 aliphatic carbocycles. The zero-order chi connectivity index (χ0) is 17.1. The Hall–Kier alpha value is -3.40. The van der Waals surface area contributed by atoms with Gasteiger partial charge in [-0.3, -0.25) is 0 Å². The zero-order valence-corrected chi connectivity index (χ0v) is 12.7. The first-order valence-corrected chi connectivity index (χ1v) is 7.36. The quantitative estimate of drug-likeness (QED) is 0.384. The first kappa shape index (κ1) is 15.5. The number of benzene rings is 4. The van der Waals surface area contributed by atoms with E-state index in [1.54, 1.807) is 72.8 Å². The van der Waals surface area contributed by atoms with E-state index in [1.165, 1.54) is 0 Å². The maximum absolute atomic E-state index is 9.38. The second kappa shape index (κ2) is 6.38. The Labute approximate surface area is 138 Å². The Morgan fingerprint density at radius 3 is 1.29 bits per heavy atom. The van der Waals surface area contributed by atoms with Crippen LogP contribution in [0.25, 0.3) is 21.5 Å². The van der Waals surface area contributed by atoms with Gasteiger partial charge in [-0.25, -0.2) is 0 Å². The van der Waals surface area contributed by atoms with Crippen LogP contribution in [-0.4, -0.2) is 20.4 Å². The fourth-order valence-electron chi connectivity index (χ4n) is 2.50. The summed E-state index contributed by atoms with van der Waals surface area (Å²) in [5.41, 5.74) is 0. The molecule has 0 saturated heterocycles. The zero-order valence-electron chi connectivity index (χ0n) is 12.7. The van der Waals surface area contributed by atoms with Crippen molar-refractivity contribution >= 4 is 21.5 Å². The normalized spacial score (nSPS) is 10.3. The van der Waals surface area contributed by atoms with Crippen molar-refractivity contribution in [3.05, 3.63) is 72.8 Å². The van der Waals surface area contributed by atoms with E-state index in [1.807, 2.05) is 0 Å². The van der Waals surface area contributed by atoms with Gasteiger partial charge in [0, 0.05) is 10.8 Å². The standard InChI is InChI=1S/2C10H8O2/c11-9-3-1-7-5-10(12)4-2-8(7)6-9;11-9-5-1-3-7-8(9)4-2-6-10(7)12/h2*1-6,11-12H. The topological polar surface area (TPSA) is 80.9 Å². The minimum atomic E-state index is 0.198. The van der Waals surface area contributed by atoms with Crippen LogP contribution in [0.15, 0.2) is 72.8 Å². The van der Waals surface area contributed by atoms with Crippen LogP contribution < -0.4 is 0 Å². The maximum Gasteiger partial charge on any atom is 0.123 e. The molecule has 0 aliphatic heterocycles. The molecular formula is C20H16O4. The van der Waals surface area contributed by atoms with E-state index in [4.69, 9.17) is 10.2 Å². The monoisotopic (exact) mass is 320 g/mol. The lowest BCUT2D eigenvalue weighted by atomic mass is 10.1. The molecule has 0 aliphatic rings. The summed E-state index contributed by atoms with van der Waals surface area (Å²) < 4.78 is 0. The van der Waals surface area contributed by atoms with Gasteiger partial charge < -0.3 is 20.4 Å². The van der Waals surface area contributed by atoms with Crippen LogP contribution in [-0.2, 0) is 0 Å². The average Bonchev–Trinajstić information content (AvgIpc) is 2.57. The van der Waals surface area contributed by atoms with Gasteiger partial charge in [0.25, 0.3) is 0 Å². The van der Waals surface area contributed by atoms with Crippen LogP contribution in [0.4, 0.5) is 0 Å². The third kappa shape index (κ3) is 3.17. The molecule has 0 fully saturated rings. The Morgan fingerprint density at radius 1 is 0.458 bits per heavy atom. The number of aromatic hydroxyl groups is 4. The van der Waals surface area contributed by atoms with E-state index in [0.717, 1.165) is 10.8 Å². The summed E-state index contributed by atoms with van der Waals surface area (Å²) in [5, 5.41) is 40.2. The number of fused-ring (bicyclic) bond motifs is 2. The highest BCUT2D eigenvalue weighted by Crippen LogP contribution is 2.30. The molecular weight excluding hydrogens is 304 g/mol. The minimum absolute atomic E-state index is 0.198. The van der Waals surface area contributed by atoms with Gasteiger partial charge in [-0.1, -0.05) is 36.4 Å². The highest BCUT2D eigenvalue weighted by atomic mass is 16.3. The number of phenols is 4. The highest BCUT2D eigenvalue weighted by Gasteiger charge is 2.01. The molecule has 0 spiro atoms. The van der Waals surface area contributed by atoms with Gasteiger partial charge in [0.05, 0.1) is 0 Å². The molecule has 120 valence electrons. The predicted molar refractivity (Wildman–Crippen MR) is 94.6 cm³/mol. The van der Waals surface area contributed by atoms with Gasteiger partial charge in [0.1, 0.15) is 23.0 Å². The van der Waals surface area contributed by atoms with Gasteiger partial charge in [-0.05, 0) is 47.2 Å². The van der Waals surface area contributed by atoms with Crippen molar-refractivity contribution in [2.24, 2.45) is 0 Å². The molecule has 0 atom stereocenters. The largest absolute Gasteiger partial charge is 0.508 e. The molecule has 4 N–H and O–H groups in total. The number of phenolic OH excluding ortho intramolecular Hbond substituents is 4. The molecule has 4 aromatic rings. The first-order chi connectivity index (χ1) is 11.5. The Kier molecular flexibility index (Phi) is 4.12. The van der Waals surface area contributed by atoms with Crippen LogP contribution in [0.2, 0.25) is 0 Å². The Morgan fingerprint density at radius 2 is 0.875 bits per heavy atom. The van der Waals surface area contributed by atoms with Crippen molar-refractivity contribution in [1.29, 1.82) is 0 Å². The van der Waals surface area contributed by atoms with Crippen molar-refractivity contribution < 1.29 is 20.4 Å². The van der Waals surface area contributed by atoms with E-state index < -0.39 is 0 Å². The van der Waals surface area contributed by atoms with Gasteiger partial charge >= 0.3 is 0 Å². The fourth-order valence-corrected chi connectivity index (χ4v) is 2.50. The molecule has 0 aromatic heterocycles. The number of hydrogen-bond acceptors (Lipinski definition) is 4. The molecule has 4 aromatic carbocycles. The average molecular weight is 320 g/mol. The second-order valence-corrected chi connectivity index (χ2v) is 5.37. The molecule has 4 nitrogen and oxygen atoms in total. The van der Waals surface area contributed by atoms with E-state index in [9.17, 15) is 10.2 Å². The Bertz CT molecular complexity index is 926. The first-order valence-electron chi connectivity index (χ1n) is 7.36. The summed E-state index contributed by atoms with van der Waals surface area (Å²) in [5.74, 6) is 0.883. The summed E-state index contributed by atoms with van der Waals surface area (Å²) in [7, 11) is 0. The Balaban J connectivity index is 0.000000141. The summed E-state index contributed by atoms with van der Waals surface area (Å²) in [6.45, 7) is 0. The third-order valence-corrected chi connectivity index (χ3v) is 3.68. The molecule has 0 unspecified atom stereocenters. The van der Waals surface area contributed by atoms with Crippen LogP contribution >= 0.6 is 0 Å². The highest BCUT2D eigenvalue weighted by molar-refractivity contribution is 5.92. The number of hydrogen-bond donors (Lipinski definition) is 4. The summed E-state index contributed by atoms with van der Waals surface area (Å²) >= 11 is 0. The molecule has 4 heteroatoms.